The molecule has 0 saturated heterocycles. The van der Waals surface area contributed by atoms with Crippen LogP contribution in [0.25, 0.3) is 16.5 Å². The molecule has 3 rings (SSSR count). The zero-order valence-corrected chi connectivity index (χ0v) is 27.0. The van der Waals surface area contributed by atoms with E-state index in [0.29, 0.717) is 0 Å². The van der Waals surface area contributed by atoms with Crippen molar-refractivity contribution >= 4 is 40.8 Å². The van der Waals surface area contributed by atoms with E-state index in [0.717, 1.165) is 79.5 Å². The molecule has 2 aromatic carbocycles. The summed E-state index contributed by atoms with van der Waals surface area (Å²) >= 11 is 0. The summed E-state index contributed by atoms with van der Waals surface area (Å²) in [5, 5.41) is 2.39. The van der Waals surface area contributed by atoms with E-state index in [1.165, 1.54) is 48.4 Å². The zero-order valence-electron chi connectivity index (χ0n) is 27.0. The van der Waals surface area contributed by atoms with Gasteiger partial charge in [-0.05, 0) is 73.9 Å². The molecule has 1 aliphatic rings. The fourth-order valence-corrected chi connectivity index (χ4v) is 5.54. The third-order valence-corrected chi connectivity index (χ3v) is 7.91. The number of hydrogen-bond acceptors (Lipinski definition) is 6. The minimum Gasteiger partial charge on any atom is -0.384 e. The van der Waals surface area contributed by atoms with Crippen molar-refractivity contribution in [2.75, 3.05) is 31.1 Å². The van der Waals surface area contributed by atoms with Crippen molar-refractivity contribution in [2.45, 2.75) is 79.1 Å². The van der Waals surface area contributed by atoms with Crippen LogP contribution in [-0.2, 0) is 0 Å². The molecule has 2 N–H and O–H groups in total. The van der Waals surface area contributed by atoms with Crippen LogP contribution in [-0.4, -0.2) is 49.7 Å². The molecule has 0 radical (unpaired) electrons. The van der Waals surface area contributed by atoms with E-state index in [2.05, 4.69) is 96.8 Å². The Balaban J connectivity index is 1.95. The van der Waals surface area contributed by atoms with Crippen LogP contribution in [0.5, 0.6) is 0 Å². The number of nitrogens with two attached hydrogens (primary N) is 1. The third kappa shape index (κ3) is 9.03. The van der Waals surface area contributed by atoms with Gasteiger partial charge in [0.2, 0.25) is 0 Å². The molecule has 1 heterocycles. The summed E-state index contributed by atoms with van der Waals surface area (Å²) in [4.78, 5) is 18.6. The average molecular weight is 581 g/mol. The van der Waals surface area contributed by atoms with Crippen LogP contribution in [0.1, 0.15) is 84.6 Å². The Morgan fingerprint density at radius 1 is 0.953 bits per heavy atom. The first-order valence-corrected chi connectivity index (χ1v) is 16.0. The highest BCUT2D eigenvalue weighted by Gasteiger charge is 2.27. The normalized spacial score (nSPS) is 14.3. The van der Waals surface area contributed by atoms with Gasteiger partial charge in [0.15, 0.2) is 0 Å². The van der Waals surface area contributed by atoms with Gasteiger partial charge < -0.3 is 15.5 Å². The van der Waals surface area contributed by atoms with Gasteiger partial charge in [-0.3, -0.25) is 4.99 Å². The van der Waals surface area contributed by atoms with Crippen LogP contribution in [0.2, 0.25) is 0 Å². The number of anilines is 1. The van der Waals surface area contributed by atoms with Crippen molar-refractivity contribution in [1.82, 2.24) is 4.90 Å². The van der Waals surface area contributed by atoms with Gasteiger partial charge >= 0.3 is 0 Å². The number of aliphatic imine (C=N–C) groups is 3. The summed E-state index contributed by atoms with van der Waals surface area (Å²) in [6, 6.07) is 13.3. The van der Waals surface area contributed by atoms with E-state index in [1.54, 1.807) is 6.21 Å². The topological polar surface area (TPSA) is 69.6 Å². The third-order valence-electron chi connectivity index (χ3n) is 7.91. The summed E-state index contributed by atoms with van der Waals surface area (Å²) in [6.45, 7) is 24.5. The molecule has 0 amide bonds. The second kappa shape index (κ2) is 17.3. The molecule has 0 saturated carbocycles. The standard InChI is InChI=1S/C37H52N6/c1-8-12-14-15-21-40-36(30(11-4)27-41-29(6)38)35-20-24-43(37(35)39-7)34-19-18-32-25-31(16-17-33(32)26-34)28(5)42(22-10-3)23-13-9-2/h11,16-19,25-27H,5-10,12-15,20-24,38H2,1-4H3/b30-11+,40-36-,41-27-. The van der Waals surface area contributed by atoms with Gasteiger partial charge in [0.1, 0.15) is 11.6 Å². The second-order valence-corrected chi connectivity index (χ2v) is 11.2. The summed E-state index contributed by atoms with van der Waals surface area (Å²) in [5.74, 6) is 1.12. The summed E-state index contributed by atoms with van der Waals surface area (Å²) in [6.07, 6.45) is 12.7. The maximum absolute atomic E-state index is 5.76. The van der Waals surface area contributed by atoms with Gasteiger partial charge in [-0.25, -0.2) is 9.98 Å². The first kappa shape index (κ1) is 33.6. The van der Waals surface area contributed by atoms with Crippen LogP contribution in [0, 0.1) is 0 Å². The highest BCUT2D eigenvalue weighted by Crippen LogP contribution is 2.34. The van der Waals surface area contributed by atoms with Crippen molar-refractivity contribution in [3.63, 3.8) is 0 Å². The highest BCUT2D eigenvalue weighted by molar-refractivity contribution is 6.24. The van der Waals surface area contributed by atoms with Crippen LogP contribution >= 0.6 is 0 Å². The Morgan fingerprint density at radius 2 is 1.70 bits per heavy atom. The molecule has 0 unspecified atom stereocenters. The SMILES string of the molecule is C=NC1=C(C(=N\CCCCCC)/C(/C=N\C(=C)N)=C/C)CCN1c1ccc2cc(C(=C)N(CCC)CCCC)ccc2c1. The van der Waals surface area contributed by atoms with Gasteiger partial charge in [0.05, 0.1) is 5.71 Å². The molecule has 0 bridgehead atoms. The van der Waals surface area contributed by atoms with E-state index in [4.69, 9.17) is 10.7 Å². The van der Waals surface area contributed by atoms with Gasteiger partial charge in [-0.2, -0.15) is 0 Å². The van der Waals surface area contributed by atoms with Crippen molar-refractivity contribution in [2.24, 2.45) is 20.7 Å². The Bertz CT molecular complexity index is 1390. The Morgan fingerprint density at radius 3 is 2.37 bits per heavy atom. The molecule has 230 valence electrons. The molecule has 0 spiro atoms. The Labute approximate surface area is 260 Å². The monoisotopic (exact) mass is 580 g/mol. The van der Waals surface area contributed by atoms with Crippen LogP contribution in [0.4, 0.5) is 5.69 Å². The lowest BCUT2D eigenvalue weighted by Gasteiger charge is -2.27. The molecule has 0 aliphatic carbocycles. The van der Waals surface area contributed by atoms with Crippen LogP contribution in [0.3, 0.4) is 0 Å². The fourth-order valence-electron chi connectivity index (χ4n) is 5.54. The molecule has 6 heteroatoms. The maximum Gasteiger partial charge on any atom is 0.137 e. The lowest BCUT2D eigenvalue weighted by atomic mass is 10.0. The van der Waals surface area contributed by atoms with E-state index in [1.807, 2.05) is 13.0 Å². The van der Waals surface area contributed by atoms with Gasteiger partial charge in [-0.15, -0.1) is 0 Å². The maximum atomic E-state index is 5.76. The van der Waals surface area contributed by atoms with Crippen molar-refractivity contribution in [1.29, 1.82) is 0 Å². The van der Waals surface area contributed by atoms with Crippen LogP contribution < -0.4 is 10.6 Å². The Kier molecular flexibility index (Phi) is 13.5. The number of fused-ring (bicyclic) bond motifs is 1. The largest absolute Gasteiger partial charge is 0.384 e. The highest BCUT2D eigenvalue weighted by atomic mass is 15.2. The number of nitrogens with zero attached hydrogens (tertiary/aromatic N) is 5. The van der Waals surface area contributed by atoms with E-state index >= 15 is 0 Å². The van der Waals surface area contributed by atoms with Crippen molar-refractivity contribution in [3.8, 4) is 0 Å². The second-order valence-electron chi connectivity index (χ2n) is 11.2. The molecule has 2 aromatic rings. The molecule has 0 atom stereocenters. The summed E-state index contributed by atoms with van der Waals surface area (Å²) < 4.78 is 0. The molecule has 6 nitrogen and oxygen atoms in total. The van der Waals surface area contributed by atoms with Gasteiger partial charge in [0.25, 0.3) is 0 Å². The van der Waals surface area contributed by atoms with Crippen molar-refractivity contribution in [3.05, 3.63) is 84.0 Å². The van der Waals surface area contributed by atoms with E-state index in [-0.39, 0.29) is 5.82 Å². The number of hydrogen-bond donors (Lipinski definition) is 1. The molecule has 0 fully saturated rings. The van der Waals surface area contributed by atoms with E-state index in [9.17, 15) is 0 Å². The lowest BCUT2D eigenvalue weighted by molar-refractivity contribution is 0.388. The number of benzene rings is 2. The van der Waals surface area contributed by atoms with Gasteiger partial charge in [0, 0.05) is 54.9 Å². The van der Waals surface area contributed by atoms with E-state index < -0.39 is 0 Å². The average Bonchev–Trinajstić information content (AvgIpc) is 3.45. The minimum absolute atomic E-state index is 0.271. The lowest BCUT2D eigenvalue weighted by Crippen LogP contribution is -2.23. The molecule has 0 aromatic heterocycles. The molecule has 43 heavy (non-hydrogen) atoms. The van der Waals surface area contributed by atoms with Gasteiger partial charge in [-0.1, -0.05) is 83.9 Å². The summed E-state index contributed by atoms with van der Waals surface area (Å²) in [7, 11) is 0. The fraction of sp³-hybridized carbons (Fsp3) is 0.432. The quantitative estimate of drug-likeness (QED) is 0.141. The summed E-state index contributed by atoms with van der Waals surface area (Å²) in [5.41, 5.74) is 12.1. The molecular formula is C37H52N6. The predicted molar refractivity (Wildman–Crippen MR) is 190 cm³/mol. The number of allylic oxidation sites excluding steroid dienone is 2. The molecular weight excluding hydrogens is 528 g/mol. The van der Waals surface area contributed by atoms with Crippen molar-refractivity contribution < 1.29 is 0 Å². The number of unbranched alkanes of at least 4 members (excludes halogenated alkanes) is 4. The minimum atomic E-state index is 0.271. The predicted octanol–water partition coefficient (Wildman–Crippen LogP) is 8.91. The smallest absolute Gasteiger partial charge is 0.137 e. The first-order chi connectivity index (χ1) is 20.9. The van der Waals surface area contributed by atoms with Crippen LogP contribution in [0.15, 0.2) is 93.4 Å². The zero-order chi connectivity index (χ0) is 31.2. The Hall–Kier alpha value is -3.93. The number of rotatable bonds is 18. The molecule has 1 aliphatic heterocycles. The first-order valence-electron chi connectivity index (χ1n) is 16.0.